The van der Waals surface area contributed by atoms with Crippen molar-refractivity contribution in [3.63, 3.8) is 0 Å². The molecule has 0 aromatic carbocycles. The molecular formula is C12H20ClN3O. The normalized spacial score (nSPS) is 26.3. The molecule has 2 heterocycles. The van der Waals surface area contributed by atoms with Gasteiger partial charge in [0.15, 0.2) is 0 Å². The van der Waals surface area contributed by atoms with Gasteiger partial charge in [-0.25, -0.2) is 4.98 Å². The summed E-state index contributed by atoms with van der Waals surface area (Å²) < 4.78 is 7.82. The Morgan fingerprint density at radius 2 is 2.35 bits per heavy atom. The van der Waals surface area contributed by atoms with Crippen LogP contribution >= 0.6 is 11.6 Å². The average Bonchev–Trinajstić information content (AvgIpc) is 2.74. The number of aryl methyl sites for hydroxylation is 1. The molecule has 0 amide bonds. The molecule has 1 aromatic heterocycles. The smallest absolute Gasteiger partial charge is 0.105 e. The fourth-order valence-electron chi connectivity index (χ4n) is 2.16. The highest BCUT2D eigenvalue weighted by molar-refractivity contribution is 6.18. The molecular weight excluding hydrogens is 238 g/mol. The van der Waals surface area contributed by atoms with Crippen molar-refractivity contribution in [1.82, 2.24) is 14.5 Å². The zero-order valence-electron chi connectivity index (χ0n) is 10.5. The van der Waals surface area contributed by atoms with Gasteiger partial charge in [0.1, 0.15) is 5.82 Å². The minimum atomic E-state index is 0.178. The van der Waals surface area contributed by atoms with Gasteiger partial charge in [-0.3, -0.25) is 4.90 Å². The fraction of sp³-hybridized carbons (Fsp3) is 0.750. The third-order valence-corrected chi connectivity index (χ3v) is 3.70. The van der Waals surface area contributed by atoms with Crippen LogP contribution in [0.5, 0.6) is 0 Å². The number of morpholine rings is 1. The van der Waals surface area contributed by atoms with Gasteiger partial charge in [0.05, 0.1) is 12.7 Å². The van der Waals surface area contributed by atoms with Crippen molar-refractivity contribution in [3.8, 4) is 0 Å². The van der Waals surface area contributed by atoms with Gasteiger partial charge in [-0.2, -0.15) is 0 Å². The molecule has 0 aliphatic carbocycles. The van der Waals surface area contributed by atoms with Crippen LogP contribution in [0.15, 0.2) is 12.4 Å². The maximum atomic E-state index is 5.85. The number of nitrogens with zero attached hydrogens (tertiary/aromatic N) is 3. The van der Waals surface area contributed by atoms with Gasteiger partial charge in [0.2, 0.25) is 0 Å². The third kappa shape index (κ3) is 3.21. The number of halogens is 1. The zero-order valence-corrected chi connectivity index (χ0v) is 11.2. The number of aromatic nitrogens is 2. The summed E-state index contributed by atoms with van der Waals surface area (Å²) in [7, 11) is 0. The summed E-state index contributed by atoms with van der Waals surface area (Å²) in [5.74, 6) is 1.65. The summed E-state index contributed by atoms with van der Waals surface area (Å²) in [4.78, 5) is 6.67. The number of rotatable bonds is 4. The maximum absolute atomic E-state index is 5.85. The van der Waals surface area contributed by atoms with Crippen molar-refractivity contribution in [2.75, 3.05) is 25.6 Å². The lowest BCUT2D eigenvalue weighted by Gasteiger charge is -2.37. The van der Waals surface area contributed by atoms with E-state index in [1.54, 1.807) is 0 Å². The predicted molar refractivity (Wildman–Crippen MR) is 68.5 cm³/mol. The summed E-state index contributed by atoms with van der Waals surface area (Å²) >= 11 is 5.85. The van der Waals surface area contributed by atoms with Crippen LogP contribution in [0.3, 0.4) is 0 Å². The highest BCUT2D eigenvalue weighted by Crippen LogP contribution is 2.12. The molecule has 5 heteroatoms. The van der Waals surface area contributed by atoms with Crippen LogP contribution in [0.1, 0.15) is 12.7 Å². The fourth-order valence-corrected chi connectivity index (χ4v) is 2.34. The Labute approximate surface area is 108 Å². The van der Waals surface area contributed by atoms with E-state index in [-0.39, 0.29) is 6.10 Å². The van der Waals surface area contributed by atoms with E-state index in [4.69, 9.17) is 16.3 Å². The van der Waals surface area contributed by atoms with Crippen LogP contribution in [0, 0.1) is 6.92 Å². The number of ether oxygens (including phenoxy) is 1. The molecule has 1 aliphatic heterocycles. The lowest BCUT2D eigenvalue weighted by molar-refractivity contribution is -0.0486. The van der Waals surface area contributed by atoms with E-state index in [1.807, 2.05) is 19.3 Å². The Morgan fingerprint density at radius 3 is 3.00 bits per heavy atom. The maximum Gasteiger partial charge on any atom is 0.105 e. The minimum absolute atomic E-state index is 0.178. The van der Waals surface area contributed by atoms with Crippen LogP contribution in [-0.2, 0) is 11.3 Å². The van der Waals surface area contributed by atoms with Crippen LogP contribution in [0.4, 0.5) is 0 Å². The third-order valence-electron chi connectivity index (χ3n) is 3.36. The molecule has 1 fully saturated rings. The summed E-state index contributed by atoms with van der Waals surface area (Å²) in [6.07, 6.45) is 4.05. The molecule has 0 saturated carbocycles. The second kappa shape index (κ2) is 5.85. The molecule has 17 heavy (non-hydrogen) atoms. The standard InChI is InChI=1S/C12H20ClN3O/c1-10-9-17-12(7-13)8-16(10)6-5-15-4-3-14-11(15)2/h3-4,10,12H,5-9H2,1-2H3. The van der Waals surface area contributed by atoms with Gasteiger partial charge >= 0.3 is 0 Å². The molecule has 2 unspecified atom stereocenters. The van der Waals surface area contributed by atoms with Crippen molar-refractivity contribution >= 4 is 11.6 Å². The molecule has 0 spiro atoms. The van der Waals surface area contributed by atoms with Crippen molar-refractivity contribution in [1.29, 1.82) is 0 Å². The van der Waals surface area contributed by atoms with Crippen LogP contribution in [0.25, 0.3) is 0 Å². The molecule has 0 N–H and O–H groups in total. The molecule has 1 saturated heterocycles. The second-order valence-electron chi connectivity index (χ2n) is 4.62. The minimum Gasteiger partial charge on any atom is -0.374 e. The Kier molecular flexibility index (Phi) is 4.42. The topological polar surface area (TPSA) is 30.3 Å². The molecule has 4 nitrogen and oxygen atoms in total. The summed E-state index contributed by atoms with van der Waals surface area (Å²) in [6.45, 7) is 7.94. The zero-order chi connectivity index (χ0) is 12.3. The first-order valence-electron chi connectivity index (χ1n) is 6.10. The van der Waals surface area contributed by atoms with Crippen LogP contribution < -0.4 is 0 Å². The van der Waals surface area contributed by atoms with E-state index in [2.05, 4.69) is 21.4 Å². The van der Waals surface area contributed by atoms with Crippen molar-refractivity contribution in [3.05, 3.63) is 18.2 Å². The number of alkyl halides is 1. The monoisotopic (exact) mass is 257 g/mol. The Morgan fingerprint density at radius 1 is 1.53 bits per heavy atom. The molecule has 96 valence electrons. The van der Waals surface area contributed by atoms with Gasteiger partial charge in [0, 0.05) is 43.9 Å². The lowest BCUT2D eigenvalue weighted by atomic mass is 10.2. The molecule has 1 aromatic rings. The quantitative estimate of drug-likeness (QED) is 0.767. The lowest BCUT2D eigenvalue weighted by Crippen LogP contribution is -2.49. The predicted octanol–water partition coefficient (Wildman–Crippen LogP) is 1.52. The van der Waals surface area contributed by atoms with Gasteiger partial charge in [-0.15, -0.1) is 11.6 Å². The van der Waals surface area contributed by atoms with E-state index in [0.717, 1.165) is 32.1 Å². The van der Waals surface area contributed by atoms with Gasteiger partial charge in [-0.05, 0) is 13.8 Å². The first-order chi connectivity index (χ1) is 8.20. The summed E-state index contributed by atoms with van der Waals surface area (Å²) in [5.41, 5.74) is 0. The average molecular weight is 258 g/mol. The summed E-state index contributed by atoms with van der Waals surface area (Å²) in [5, 5.41) is 0. The van der Waals surface area contributed by atoms with Gasteiger partial charge < -0.3 is 9.30 Å². The highest BCUT2D eigenvalue weighted by Gasteiger charge is 2.25. The van der Waals surface area contributed by atoms with E-state index in [0.29, 0.717) is 11.9 Å². The largest absolute Gasteiger partial charge is 0.374 e. The van der Waals surface area contributed by atoms with Gasteiger partial charge in [-0.1, -0.05) is 0 Å². The molecule has 2 rings (SSSR count). The number of imidazole rings is 1. The van der Waals surface area contributed by atoms with Crippen molar-refractivity contribution < 1.29 is 4.74 Å². The van der Waals surface area contributed by atoms with E-state index in [1.165, 1.54) is 0 Å². The Bertz CT molecular complexity index is 355. The number of hydrogen-bond donors (Lipinski definition) is 0. The molecule has 0 bridgehead atoms. The van der Waals surface area contributed by atoms with Crippen LogP contribution in [-0.4, -0.2) is 52.2 Å². The van der Waals surface area contributed by atoms with Crippen molar-refractivity contribution in [2.45, 2.75) is 32.5 Å². The van der Waals surface area contributed by atoms with E-state index >= 15 is 0 Å². The SMILES string of the molecule is Cc1nccn1CCN1CC(CCl)OCC1C. The number of hydrogen-bond acceptors (Lipinski definition) is 3. The van der Waals surface area contributed by atoms with Gasteiger partial charge in [0.25, 0.3) is 0 Å². The van der Waals surface area contributed by atoms with E-state index < -0.39 is 0 Å². The second-order valence-corrected chi connectivity index (χ2v) is 4.93. The molecule has 1 aliphatic rings. The molecule has 2 atom stereocenters. The summed E-state index contributed by atoms with van der Waals surface area (Å²) in [6, 6.07) is 0.471. The van der Waals surface area contributed by atoms with Crippen LogP contribution in [0.2, 0.25) is 0 Å². The van der Waals surface area contributed by atoms with E-state index in [9.17, 15) is 0 Å². The Hall–Kier alpha value is -0.580. The highest BCUT2D eigenvalue weighted by atomic mass is 35.5. The van der Waals surface area contributed by atoms with Crippen molar-refractivity contribution in [2.24, 2.45) is 0 Å². The molecule has 0 radical (unpaired) electrons. The first kappa shape index (κ1) is 12.9. The first-order valence-corrected chi connectivity index (χ1v) is 6.63. The Balaban J connectivity index is 1.87.